The minimum absolute atomic E-state index is 0.433. The highest BCUT2D eigenvalue weighted by Gasteiger charge is 2.11. The second kappa shape index (κ2) is 5.67. The van der Waals surface area contributed by atoms with Crippen molar-refractivity contribution in [2.45, 2.75) is 27.7 Å². The number of hydrazone groups is 1. The van der Waals surface area contributed by atoms with Crippen LogP contribution in [-0.2, 0) is 0 Å². The number of nitrogens with two attached hydrogens (primary N) is 2. The predicted octanol–water partition coefficient (Wildman–Crippen LogP) is 0.789. The Hall–Kier alpha value is -0.930. The first-order valence-corrected chi connectivity index (χ1v) is 4.75. The fourth-order valence-corrected chi connectivity index (χ4v) is 1.22. The fourth-order valence-electron chi connectivity index (χ4n) is 1.22. The average Bonchev–Trinajstić information content (AvgIpc) is 2.00. The van der Waals surface area contributed by atoms with E-state index in [4.69, 9.17) is 11.6 Å². The van der Waals surface area contributed by atoms with Gasteiger partial charge in [0.2, 0.25) is 5.96 Å². The molecule has 0 amide bonds. The number of hydrogen-bond donors (Lipinski definition) is 2. The third-order valence-electron chi connectivity index (χ3n) is 1.63. The smallest absolute Gasteiger partial charge is 0.213 e. The van der Waals surface area contributed by atoms with E-state index in [2.05, 4.69) is 32.8 Å². The molecule has 0 aliphatic carbocycles. The van der Waals surface area contributed by atoms with Gasteiger partial charge in [-0.25, -0.2) is 0 Å². The monoisotopic (exact) mass is 186 g/mol. The van der Waals surface area contributed by atoms with Crippen molar-refractivity contribution in [1.82, 2.24) is 4.90 Å². The van der Waals surface area contributed by atoms with Gasteiger partial charge >= 0.3 is 0 Å². The van der Waals surface area contributed by atoms with Crippen molar-refractivity contribution >= 4 is 5.96 Å². The molecule has 4 heteroatoms. The van der Waals surface area contributed by atoms with Crippen molar-refractivity contribution in [1.29, 1.82) is 0 Å². The van der Waals surface area contributed by atoms with Gasteiger partial charge in [-0.3, -0.25) is 0 Å². The second-order valence-electron chi connectivity index (χ2n) is 4.18. The van der Waals surface area contributed by atoms with Gasteiger partial charge in [-0.1, -0.05) is 27.7 Å². The number of nitrogens with zero attached hydrogens (tertiary/aromatic N) is 2. The summed E-state index contributed by atoms with van der Waals surface area (Å²) in [5.74, 6) is 6.72. The maximum absolute atomic E-state index is 5.66. The predicted molar refractivity (Wildman–Crippen MR) is 57.1 cm³/mol. The largest absolute Gasteiger partial charge is 0.368 e. The molecule has 4 nitrogen and oxygen atoms in total. The maximum Gasteiger partial charge on any atom is 0.213 e. The zero-order valence-electron chi connectivity index (χ0n) is 9.12. The summed E-state index contributed by atoms with van der Waals surface area (Å²) in [6, 6.07) is 0. The molecule has 0 spiro atoms. The molecule has 0 radical (unpaired) electrons. The van der Waals surface area contributed by atoms with Gasteiger partial charge in [0.15, 0.2) is 0 Å². The van der Waals surface area contributed by atoms with Crippen molar-refractivity contribution in [3.05, 3.63) is 0 Å². The lowest BCUT2D eigenvalue weighted by molar-refractivity contribution is 0.324. The lowest BCUT2D eigenvalue weighted by Crippen LogP contribution is -2.42. The first-order chi connectivity index (χ1) is 5.97. The summed E-state index contributed by atoms with van der Waals surface area (Å²) in [5.41, 5.74) is 5.66. The van der Waals surface area contributed by atoms with E-state index < -0.39 is 0 Å². The van der Waals surface area contributed by atoms with E-state index in [1.165, 1.54) is 0 Å². The van der Waals surface area contributed by atoms with Gasteiger partial charge < -0.3 is 16.5 Å². The quantitative estimate of drug-likeness (QED) is 0.295. The first kappa shape index (κ1) is 12.1. The Morgan fingerprint density at radius 1 is 1.15 bits per heavy atom. The molecule has 0 unspecified atom stereocenters. The van der Waals surface area contributed by atoms with E-state index in [0.29, 0.717) is 17.8 Å². The van der Waals surface area contributed by atoms with Crippen molar-refractivity contribution in [2.75, 3.05) is 13.1 Å². The van der Waals surface area contributed by atoms with Gasteiger partial charge in [0, 0.05) is 13.1 Å². The first-order valence-electron chi connectivity index (χ1n) is 4.75. The van der Waals surface area contributed by atoms with E-state index >= 15 is 0 Å². The molecule has 0 bridgehead atoms. The summed E-state index contributed by atoms with van der Waals surface area (Å²) in [5, 5.41) is 3.52. The van der Waals surface area contributed by atoms with Gasteiger partial charge in [-0.2, -0.15) is 0 Å². The van der Waals surface area contributed by atoms with Gasteiger partial charge in [-0.15, -0.1) is 5.10 Å². The van der Waals surface area contributed by atoms with Crippen molar-refractivity contribution in [3.63, 3.8) is 0 Å². The molecule has 13 heavy (non-hydrogen) atoms. The van der Waals surface area contributed by atoms with Crippen LogP contribution in [0.2, 0.25) is 0 Å². The van der Waals surface area contributed by atoms with Crippen LogP contribution < -0.4 is 11.6 Å². The molecular weight excluding hydrogens is 164 g/mol. The molecule has 0 fully saturated rings. The lowest BCUT2D eigenvalue weighted by atomic mass is 10.1. The van der Waals surface area contributed by atoms with E-state index in [0.717, 1.165) is 13.1 Å². The molecule has 0 atom stereocenters. The zero-order valence-corrected chi connectivity index (χ0v) is 9.12. The molecule has 0 aliphatic heterocycles. The van der Waals surface area contributed by atoms with Crippen molar-refractivity contribution < 1.29 is 0 Å². The van der Waals surface area contributed by atoms with Crippen molar-refractivity contribution in [3.8, 4) is 0 Å². The molecule has 0 saturated carbocycles. The standard InChI is InChI=1S/C9H22N4/c1-7(2)5-13(6-8(3)4)9(10)12-11/h7-8H,5-6,11H2,1-4H3,(H2,10,12). The molecule has 0 heterocycles. The Kier molecular flexibility index (Phi) is 5.26. The van der Waals surface area contributed by atoms with Crippen LogP contribution in [0.15, 0.2) is 5.10 Å². The minimum Gasteiger partial charge on any atom is -0.368 e. The molecule has 78 valence electrons. The van der Waals surface area contributed by atoms with Crippen LogP contribution in [0.3, 0.4) is 0 Å². The van der Waals surface area contributed by atoms with Crippen LogP contribution >= 0.6 is 0 Å². The average molecular weight is 186 g/mol. The SMILES string of the molecule is CC(C)CN(CC(C)C)/C(N)=N/N. The second-order valence-corrected chi connectivity index (χ2v) is 4.18. The van der Waals surface area contributed by atoms with Gasteiger partial charge in [-0.05, 0) is 11.8 Å². The van der Waals surface area contributed by atoms with E-state index in [9.17, 15) is 0 Å². The van der Waals surface area contributed by atoms with Gasteiger partial charge in [0.1, 0.15) is 0 Å². The highest BCUT2D eigenvalue weighted by Crippen LogP contribution is 2.02. The van der Waals surface area contributed by atoms with E-state index in [-0.39, 0.29) is 0 Å². The Bertz CT molecular complexity index is 153. The Labute approximate surface area is 81.0 Å². The number of hydrogen-bond acceptors (Lipinski definition) is 2. The molecule has 0 aromatic rings. The summed E-state index contributed by atoms with van der Waals surface area (Å²) in [6.45, 7) is 10.4. The Morgan fingerprint density at radius 3 is 1.77 bits per heavy atom. The highest BCUT2D eigenvalue weighted by atomic mass is 15.3. The normalized spacial score (nSPS) is 12.6. The van der Waals surface area contributed by atoms with Crippen LogP contribution in [0, 0.1) is 11.8 Å². The van der Waals surface area contributed by atoms with E-state index in [1.54, 1.807) is 0 Å². The van der Waals surface area contributed by atoms with Crippen LogP contribution in [-0.4, -0.2) is 23.9 Å². The van der Waals surface area contributed by atoms with Crippen molar-refractivity contribution in [2.24, 2.45) is 28.5 Å². The topological polar surface area (TPSA) is 67.6 Å². The molecule has 0 rings (SSSR count). The highest BCUT2D eigenvalue weighted by molar-refractivity contribution is 5.77. The summed E-state index contributed by atoms with van der Waals surface area (Å²) in [4.78, 5) is 2.02. The van der Waals surface area contributed by atoms with Gasteiger partial charge in [0.25, 0.3) is 0 Å². The Morgan fingerprint density at radius 2 is 1.54 bits per heavy atom. The minimum atomic E-state index is 0.433. The number of guanidine groups is 1. The fraction of sp³-hybridized carbons (Fsp3) is 0.889. The lowest BCUT2D eigenvalue weighted by Gasteiger charge is -2.26. The summed E-state index contributed by atoms with van der Waals surface area (Å²) in [6.07, 6.45) is 0. The number of rotatable bonds is 4. The van der Waals surface area contributed by atoms with Crippen LogP contribution in [0.4, 0.5) is 0 Å². The summed E-state index contributed by atoms with van der Waals surface area (Å²) in [7, 11) is 0. The van der Waals surface area contributed by atoms with Crippen LogP contribution in [0.5, 0.6) is 0 Å². The van der Waals surface area contributed by atoms with Crippen LogP contribution in [0.25, 0.3) is 0 Å². The Balaban J connectivity index is 4.19. The van der Waals surface area contributed by atoms with E-state index in [1.807, 2.05) is 4.90 Å². The zero-order chi connectivity index (χ0) is 10.4. The summed E-state index contributed by atoms with van der Waals surface area (Å²) < 4.78 is 0. The molecule has 0 aromatic heterocycles. The van der Waals surface area contributed by atoms with Crippen LogP contribution in [0.1, 0.15) is 27.7 Å². The third kappa shape index (κ3) is 5.33. The maximum atomic E-state index is 5.66. The third-order valence-corrected chi connectivity index (χ3v) is 1.63. The molecule has 0 aliphatic rings. The summed E-state index contributed by atoms with van der Waals surface area (Å²) >= 11 is 0. The molecule has 0 aromatic carbocycles. The molecule has 4 N–H and O–H groups in total. The van der Waals surface area contributed by atoms with Gasteiger partial charge in [0.05, 0.1) is 0 Å². The molecular formula is C9H22N4. The molecule has 0 saturated heterocycles.